The van der Waals surface area contributed by atoms with Crippen LogP contribution < -0.4 is 10.1 Å². The number of amides is 2. The predicted octanol–water partition coefficient (Wildman–Crippen LogP) is 3.72. The van der Waals surface area contributed by atoms with Crippen molar-refractivity contribution in [1.82, 2.24) is 15.2 Å². The number of likely N-dealkylation sites (tertiary alicyclic amines) is 1. The molecule has 4 rings (SSSR count). The Morgan fingerprint density at radius 3 is 2.66 bits per heavy atom. The SMILES string of the molecule is Cc1nc([C@H](C)NC(=O)c2cccc(OC3CCN(C(=O)C4CC4)CC3)c2)cs1. The van der Waals surface area contributed by atoms with E-state index in [4.69, 9.17) is 4.74 Å². The number of nitrogens with zero attached hydrogens (tertiary/aromatic N) is 2. The van der Waals surface area contributed by atoms with Crippen molar-refractivity contribution < 1.29 is 14.3 Å². The minimum absolute atomic E-state index is 0.0773. The van der Waals surface area contributed by atoms with E-state index in [1.165, 1.54) is 0 Å². The summed E-state index contributed by atoms with van der Waals surface area (Å²) in [6.45, 7) is 5.40. The van der Waals surface area contributed by atoms with Crippen molar-refractivity contribution in [2.45, 2.75) is 51.7 Å². The third kappa shape index (κ3) is 4.96. The molecule has 6 nitrogen and oxygen atoms in total. The van der Waals surface area contributed by atoms with Crippen molar-refractivity contribution in [3.8, 4) is 5.75 Å². The average molecular weight is 414 g/mol. The molecule has 7 heteroatoms. The number of benzene rings is 1. The smallest absolute Gasteiger partial charge is 0.251 e. The van der Waals surface area contributed by atoms with Crippen LogP contribution in [0.1, 0.15) is 59.7 Å². The van der Waals surface area contributed by atoms with Gasteiger partial charge in [-0.05, 0) is 44.9 Å². The molecule has 1 saturated heterocycles. The molecule has 1 atom stereocenters. The highest BCUT2D eigenvalue weighted by Gasteiger charge is 2.35. The van der Waals surface area contributed by atoms with Gasteiger partial charge in [0.15, 0.2) is 0 Å². The summed E-state index contributed by atoms with van der Waals surface area (Å²) < 4.78 is 6.11. The minimum Gasteiger partial charge on any atom is -0.490 e. The summed E-state index contributed by atoms with van der Waals surface area (Å²) in [4.78, 5) is 31.2. The summed E-state index contributed by atoms with van der Waals surface area (Å²) in [6.07, 6.45) is 3.83. The number of rotatable bonds is 6. The maximum atomic E-state index is 12.6. The van der Waals surface area contributed by atoms with Crippen LogP contribution in [-0.2, 0) is 4.79 Å². The van der Waals surface area contributed by atoms with E-state index < -0.39 is 0 Å². The number of carbonyl (C=O) groups excluding carboxylic acids is 2. The van der Waals surface area contributed by atoms with Gasteiger partial charge in [-0.1, -0.05) is 6.07 Å². The molecule has 154 valence electrons. The highest BCUT2D eigenvalue weighted by molar-refractivity contribution is 7.09. The van der Waals surface area contributed by atoms with Gasteiger partial charge >= 0.3 is 0 Å². The van der Waals surface area contributed by atoms with Crippen molar-refractivity contribution in [3.05, 3.63) is 45.9 Å². The van der Waals surface area contributed by atoms with Crippen LogP contribution in [0.2, 0.25) is 0 Å². The van der Waals surface area contributed by atoms with Crippen LogP contribution >= 0.6 is 11.3 Å². The molecule has 2 aliphatic rings. The van der Waals surface area contributed by atoms with Crippen LogP contribution in [0.4, 0.5) is 0 Å². The summed E-state index contributed by atoms with van der Waals surface area (Å²) in [5.41, 5.74) is 1.45. The van der Waals surface area contributed by atoms with Gasteiger partial charge in [0.05, 0.1) is 16.7 Å². The molecule has 2 fully saturated rings. The number of carbonyl (C=O) groups is 2. The van der Waals surface area contributed by atoms with E-state index in [-0.39, 0.29) is 24.0 Å². The summed E-state index contributed by atoms with van der Waals surface area (Å²) in [5.74, 6) is 1.14. The van der Waals surface area contributed by atoms with Gasteiger partial charge in [-0.2, -0.15) is 0 Å². The van der Waals surface area contributed by atoms with Gasteiger partial charge in [0, 0.05) is 42.8 Å². The van der Waals surface area contributed by atoms with E-state index in [1.54, 1.807) is 23.5 Å². The minimum atomic E-state index is -0.148. The van der Waals surface area contributed by atoms with E-state index in [9.17, 15) is 9.59 Å². The number of hydrogen-bond donors (Lipinski definition) is 1. The van der Waals surface area contributed by atoms with Crippen molar-refractivity contribution in [3.63, 3.8) is 0 Å². The Morgan fingerprint density at radius 2 is 2.00 bits per heavy atom. The van der Waals surface area contributed by atoms with E-state index in [1.807, 2.05) is 36.3 Å². The van der Waals surface area contributed by atoms with Crippen LogP contribution in [0.5, 0.6) is 5.75 Å². The molecule has 0 bridgehead atoms. The van der Waals surface area contributed by atoms with Crippen molar-refractivity contribution >= 4 is 23.2 Å². The lowest BCUT2D eigenvalue weighted by molar-refractivity contribution is -0.134. The second-order valence-corrected chi connectivity index (χ2v) is 8.99. The molecular weight excluding hydrogens is 386 g/mol. The van der Waals surface area contributed by atoms with Crippen molar-refractivity contribution in [1.29, 1.82) is 0 Å². The highest BCUT2D eigenvalue weighted by atomic mass is 32.1. The first-order valence-electron chi connectivity index (χ1n) is 10.3. The largest absolute Gasteiger partial charge is 0.490 e. The number of piperidine rings is 1. The van der Waals surface area contributed by atoms with Gasteiger partial charge in [-0.25, -0.2) is 4.98 Å². The molecule has 0 unspecified atom stereocenters. The fraction of sp³-hybridized carbons (Fsp3) is 0.500. The van der Waals surface area contributed by atoms with Crippen LogP contribution in [0.25, 0.3) is 0 Å². The monoisotopic (exact) mass is 413 g/mol. The third-order valence-electron chi connectivity index (χ3n) is 5.51. The molecule has 1 aromatic heterocycles. The fourth-order valence-electron chi connectivity index (χ4n) is 3.62. The van der Waals surface area contributed by atoms with Crippen molar-refractivity contribution in [2.75, 3.05) is 13.1 Å². The van der Waals surface area contributed by atoms with Crippen LogP contribution in [0.3, 0.4) is 0 Å². The first-order valence-corrected chi connectivity index (χ1v) is 11.2. The Kier molecular flexibility index (Phi) is 5.85. The molecular formula is C22H27N3O3S. The van der Waals surface area contributed by atoms with Crippen LogP contribution in [-0.4, -0.2) is 40.9 Å². The maximum absolute atomic E-state index is 12.6. The zero-order valence-electron chi connectivity index (χ0n) is 16.9. The fourth-order valence-corrected chi connectivity index (χ4v) is 4.32. The Bertz CT molecular complexity index is 885. The second kappa shape index (κ2) is 8.53. The molecule has 2 amide bonds. The predicted molar refractivity (Wildman–Crippen MR) is 112 cm³/mol. The Labute approximate surface area is 175 Å². The van der Waals surface area contributed by atoms with E-state index in [2.05, 4.69) is 10.3 Å². The van der Waals surface area contributed by atoms with Crippen molar-refractivity contribution in [2.24, 2.45) is 5.92 Å². The Morgan fingerprint density at radius 1 is 1.24 bits per heavy atom. The first kappa shape index (κ1) is 19.9. The summed E-state index contributed by atoms with van der Waals surface area (Å²) in [6, 6.07) is 7.15. The summed E-state index contributed by atoms with van der Waals surface area (Å²) in [5, 5.41) is 5.96. The summed E-state index contributed by atoms with van der Waals surface area (Å²) >= 11 is 1.58. The number of hydrogen-bond acceptors (Lipinski definition) is 5. The molecule has 0 radical (unpaired) electrons. The lowest BCUT2D eigenvalue weighted by Crippen LogP contribution is -2.42. The third-order valence-corrected chi connectivity index (χ3v) is 6.30. The lowest BCUT2D eigenvalue weighted by atomic mass is 10.1. The molecule has 0 spiro atoms. The van der Waals surface area contributed by atoms with Gasteiger partial charge < -0.3 is 15.0 Å². The Hall–Kier alpha value is -2.41. The lowest BCUT2D eigenvalue weighted by Gasteiger charge is -2.32. The molecule has 29 heavy (non-hydrogen) atoms. The number of thiazole rings is 1. The van der Waals surface area contributed by atoms with Gasteiger partial charge in [0.1, 0.15) is 11.9 Å². The molecule has 1 aliphatic heterocycles. The van der Waals surface area contributed by atoms with E-state index in [0.29, 0.717) is 17.2 Å². The Balaban J connectivity index is 1.31. The average Bonchev–Trinajstić information content (AvgIpc) is 3.48. The van der Waals surface area contributed by atoms with Crippen LogP contribution in [0, 0.1) is 12.8 Å². The second-order valence-electron chi connectivity index (χ2n) is 7.93. The number of ether oxygens (including phenoxy) is 1. The molecule has 1 aliphatic carbocycles. The quantitative estimate of drug-likeness (QED) is 0.783. The molecule has 2 aromatic rings. The van der Waals surface area contributed by atoms with Gasteiger partial charge in [-0.15, -0.1) is 11.3 Å². The van der Waals surface area contributed by atoms with Crippen LogP contribution in [0.15, 0.2) is 29.6 Å². The zero-order chi connectivity index (χ0) is 20.4. The molecule has 2 heterocycles. The van der Waals surface area contributed by atoms with E-state index >= 15 is 0 Å². The topological polar surface area (TPSA) is 71.5 Å². The number of nitrogens with one attached hydrogen (secondary N) is 1. The highest BCUT2D eigenvalue weighted by Crippen LogP contribution is 2.32. The van der Waals surface area contributed by atoms with Gasteiger partial charge in [-0.3, -0.25) is 9.59 Å². The maximum Gasteiger partial charge on any atom is 0.251 e. The van der Waals surface area contributed by atoms with Gasteiger partial charge in [0.2, 0.25) is 5.91 Å². The normalized spacial score (nSPS) is 18.3. The number of aryl methyl sites for hydroxylation is 1. The molecule has 1 saturated carbocycles. The standard InChI is InChI=1S/C22H27N3O3S/c1-14(20-13-29-15(2)24-20)23-21(26)17-4-3-5-19(12-17)28-18-8-10-25(11-9-18)22(27)16-6-7-16/h3-5,12-14,16,18H,6-11H2,1-2H3,(H,23,26)/t14-/m0/s1. The number of aromatic nitrogens is 1. The summed E-state index contributed by atoms with van der Waals surface area (Å²) in [7, 11) is 0. The molecule has 1 aromatic carbocycles. The molecule has 1 N–H and O–H groups in total. The van der Waals surface area contributed by atoms with Gasteiger partial charge in [0.25, 0.3) is 5.91 Å². The van der Waals surface area contributed by atoms with E-state index in [0.717, 1.165) is 49.5 Å². The first-order chi connectivity index (χ1) is 14.0. The zero-order valence-corrected chi connectivity index (χ0v) is 17.7.